The molecule has 0 aromatic heterocycles. The lowest BCUT2D eigenvalue weighted by atomic mass is 10.0. The standard InChI is InChI=1S/C21H25F3N2O2.ClH/c1-2-3-4-19(25)20(27)26-14-13-15-5-7-16(8-6-15)17-9-11-18(12-10-17)28-21(22,23)24;/h5-12,19H,2-4,13-14,25H2,1H3,(H,26,27);1H. The van der Waals surface area contributed by atoms with E-state index in [0.29, 0.717) is 19.4 Å². The zero-order chi connectivity index (χ0) is 20.6. The first-order chi connectivity index (χ1) is 13.3. The molecule has 0 aliphatic carbocycles. The van der Waals surface area contributed by atoms with Crippen LogP contribution >= 0.6 is 12.4 Å². The summed E-state index contributed by atoms with van der Waals surface area (Å²) in [5.74, 6) is -0.382. The van der Waals surface area contributed by atoms with Crippen molar-refractivity contribution in [3.05, 3.63) is 54.1 Å². The van der Waals surface area contributed by atoms with Crippen molar-refractivity contribution in [3.63, 3.8) is 0 Å². The Morgan fingerprint density at radius 1 is 1.07 bits per heavy atom. The molecule has 0 aliphatic rings. The second kappa shape index (κ2) is 11.7. The minimum absolute atomic E-state index is 0. The largest absolute Gasteiger partial charge is 0.573 e. The summed E-state index contributed by atoms with van der Waals surface area (Å²) in [5, 5.41) is 2.84. The number of ether oxygens (including phenoxy) is 1. The van der Waals surface area contributed by atoms with E-state index in [2.05, 4.69) is 17.0 Å². The Balaban J connectivity index is 0.00000420. The van der Waals surface area contributed by atoms with Gasteiger partial charge in [-0.3, -0.25) is 4.79 Å². The third-order valence-electron chi connectivity index (χ3n) is 4.29. The van der Waals surface area contributed by atoms with E-state index in [-0.39, 0.29) is 24.1 Å². The molecule has 2 aromatic carbocycles. The molecule has 0 heterocycles. The lowest BCUT2D eigenvalue weighted by Gasteiger charge is -2.12. The summed E-state index contributed by atoms with van der Waals surface area (Å²) in [5.41, 5.74) is 8.54. The third-order valence-corrected chi connectivity index (χ3v) is 4.29. The number of carbonyl (C=O) groups is 1. The van der Waals surface area contributed by atoms with Gasteiger partial charge in [0, 0.05) is 6.54 Å². The van der Waals surface area contributed by atoms with Crippen molar-refractivity contribution in [3.8, 4) is 16.9 Å². The van der Waals surface area contributed by atoms with Crippen molar-refractivity contribution in [1.82, 2.24) is 5.32 Å². The van der Waals surface area contributed by atoms with Gasteiger partial charge in [0.2, 0.25) is 5.91 Å². The van der Waals surface area contributed by atoms with Crippen LogP contribution in [0.5, 0.6) is 5.75 Å². The van der Waals surface area contributed by atoms with Gasteiger partial charge in [-0.05, 0) is 41.7 Å². The van der Waals surface area contributed by atoms with Crippen molar-refractivity contribution in [2.24, 2.45) is 5.73 Å². The number of halogens is 4. The number of rotatable bonds is 9. The third kappa shape index (κ3) is 8.75. The molecule has 2 aromatic rings. The summed E-state index contributed by atoms with van der Waals surface area (Å²) in [7, 11) is 0. The predicted molar refractivity (Wildman–Crippen MR) is 110 cm³/mol. The minimum atomic E-state index is -4.70. The predicted octanol–water partition coefficient (Wildman–Crippen LogP) is 4.85. The number of nitrogens with two attached hydrogens (primary N) is 1. The highest BCUT2D eigenvalue weighted by molar-refractivity contribution is 5.85. The molecule has 2 rings (SSSR count). The highest BCUT2D eigenvalue weighted by atomic mass is 35.5. The molecule has 0 fully saturated rings. The maximum Gasteiger partial charge on any atom is 0.573 e. The number of unbranched alkanes of at least 4 members (excludes halogenated alkanes) is 1. The van der Waals surface area contributed by atoms with Gasteiger partial charge in [0.1, 0.15) is 5.75 Å². The van der Waals surface area contributed by atoms with Gasteiger partial charge in [-0.15, -0.1) is 25.6 Å². The van der Waals surface area contributed by atoms with E-state index in [1.165, 1.54) is 12.1 Å². The van der Waals surface area contributed by atoms with Crippen molar-refractivity contribution in [1.29, 1.82) is 0 Å². The molecule has 0 aliphatic heterocycles. The quantitative estimate of drug-likeness (QED) is 0.597. The molecular formula is C21H26ClF3N2O2. The van der Waals surface area contributed by atoms with Crippen molar-refractivity contribution in [2.75, 3.05) is 6.54 Å². The van der Waals surface area contributed by atoms with Gasteiger partial charge in [0.15, 0.2) is 0 Å². The first-order valence-corrected chi connectivity index (χ1v) is 9.27. The second-order valence-electron chi connectivity index (χ2n) is 6.56. The fourth-order valence-electron chi connectivity index (χ4n) is 2.73. The highest BCUT2D eigenvalue weighted by Gasteiger charge is 2.30. The fourth-order valence-corrected chi connectivity index (χ4v) is 2.73. The molecule has 1 atom stereocenters. The zero-order valence-corrected chi connectivity index (χ0v) is 17.0. The van der Waals surface area contributed by atoms with E-state index >= 15 is 0 Å². The summed E-state index contributed by atoms with van der Waals surface area (Å²) in [4.78, 5) is 11.9. The van der Waals surface area contributed by atoms with Crippen LogP contribution < -0.4 is 15.8 Å². The van der Waals surface area contributed by atoms with E-state index < -0.39 is 12.4 Å². The molecule has 160 valence electrons. The Bertz CT molecular complexity index is 750. The van der Waals surface area contributed by atoms with Crippen LogP contribution in [0.3, 0.4) is 0 Å². The summed E-state index contributed by atoms with van der Waals surface area (Å²) in [6.07, 6.45) is -1.40. The molecule has 0 bridgehead atoms. The lowest BCUT2D eigenvalue weighted by molar-refractivity contribution is -0.274. The molecule has 0 radical (unpaired) electrons. The molecule has 29 heavy (non-hydrogen) atoms. The number of amides is 1. The topological polar surface area (TPSA) is 64.4 Å². The fraction of sp³-hybridized carbons (Fsp3) is 0.381. The average Bonchev–Trinajstić information content (AvgIpc) is 2.66. The highest BCUT2D eigenvalue weighted by Crippen LogP contribution is 2.26. The first-order valence-electron chi connectivity index (χ1n) is 9.27. The van der Waals surface area contributed by atoms with Gasteiger partial charge in [0.25, 0.3) is 0 Å². The number of benzene rings is 2. The van der Waals surface area contributed by atoms with E-state index in [1.807, 2.05) is 24.3 Å². The Morgan fingerprint density at radius 2 is 1.62 bits per heavy atom. The maximum atomic E-state index is 12.2. The summed E-state index contributed by atoms with van der Waals surface area (Å²) < 4.78 is 40.5. The van der Waals surface area contributed by atoms with Crippen LogP contribution in [0, 0.1) is 0 Å². The van der Waals surface area contributed by atoms with E-state index in [1.54, 1.807) is 12.1 Å². The van der Waals surface area contributed by atoms with Gasteiger partial charge in [-0.1, -0.05) is 56.2 Å². The van der Waals surface area contributed by atoms with E-state index in [9.17, 15) is 18.0 Å². The van der Waals surface area contributed by atoms with Gasteiger partial charge in [0.05, 0.1) is 6.04 Å². The van der Waals surface area contributed by atoms with Crippen LogP contribution in [0.4, 0.5) is 13.2 Å². The minimum Gasteiger partial charge on any atom is -0.406 e. The van der Waals surface area contributed by atoms with Gasteiger partial charge in [-0.2, -0.15) is 0 Å². The number of carbonyl (C=O) groups excluding carboxylic acids is 1. The van der Waals surface area contributed by atoms with Crippen LogP contribution in [0.2, 0.25) is 0 Å². The normalized spacial score (nSPS) is 12.0. The SMILES string of the molecule is CCCCC(N)C(=O)NCCc1ccc(-c2ccc(OC(F)(F)F)cc2)cc1.Cl. The van der Waals surface area contributed by atoms with Crippen LogP contribution in [-0.4, -0.2) is 24.9 Å². The Labute approximate surface area is 175 Å². The van der Waals surface area contributed by atoms with Gasteiger partial charge < -0.3 is 15.8 Å². The maximum absolute atomic E-state index is 12.2. The summed E-state index contributed by atoms with van der Waals surface area (Å²) >= 11 is 0. The van der Waals surface area contributed by atoms with E-state index in [4.69, 9.17) is 5.73 Å². The number of hydrogen-bond acceptors (Lipinski definition) is 3. The number of alkyl halides is 3. The van der Waals surface area contributed by atoms with Crippen molar-refractivity contribution in [2.45, 2.75) is 45.0 Å². The first kappa shape index (κ1) is 24.8. The molecule has 4 nitrogen and oxygen atoms in total. The van der Waals surface area contributed by atoms with Crippen LogP contribution in [0.1, 0.15) is 31.7 Å². The summed E-state index contributed by atoms with van der Waals surface area (Å²) in [6, 6.07) is 12.9. The average molecular weight is 431 g/mol. The molecular weight excluding hydrogens is 405 g/mol. The molecule has 3 N–H and O–H groups in total. The molecule has 1 amide bonds. The molecule has 8 heteroatoms. The Morgan fingerprint density at radius 3 is 2.14 bits per heavy atom. The summed E-state index contributed by atoms with van der Waals surface area (Å²) in [6.45, 7) is 2.56. The lowest BCUT2D eigenvalue weighted by Crippen LogP contribution is -2.41. The second-order valence-corrected chi connectivity index (χ2v) is 6.56. The number of hydrogen-bond donors (Lipinski definition) is 2. The molecule has 0 saturated heterocycles. The Hall–Kier alpha value is -2.25. The number of nitrogens with one attached hydrogen (secondary N) is 1. The van der Waals surface area contributed by atoms with Crippen molar-refractivity contribution >= 4 is 18.3 Å². The molecule has 0 spiro atoms. The van der Waals surface area contributed by atoms with Gasteiger partial charge in [-0.25, -0.2) is 0 Å². The molecule has 0 saturated carbocycles. The monoisotopic (exact) mass is 430 g/mol. The van der Waals surface area contributed by atoms with E-state index in [0.717, 1.165) is 29.5 Å². The van der Waals surface area contributed by atoms with Crippen LogP contribution in [0.25, 0.3) is 11.1 Å². The zero-order valence-electron chi connectivity index (χ0n) is 16.2. The smallest absolute Gasteiger partial charge is 0.406 e. The molecule has 1 unspecified atom stereocenters. The van der Waals surface area contributed by atoms with Crippen LogP contribution in [-0.2, 0) is 11.2 Å². The Kier molecular flexibility index (Phi) is 9.98. The van der Waals surface area contributed by atoms with Crippen LogP contribution in [0.15, 0.2) is 48.5 Å². The van der Waals surface area contributed by atoms with Crippen molar-refractivity contribution < 1.29 is 22.7 Å². The van der Waals surface area contributed by atoms with Gasteiger partial charge >= 0.3 is 6.36 Å².